The number of rotatable bonds is 54. The number of carbonyl (C=O) groups excluding carboxylic acids is 3. The number of aliphatic hydroxyl groups is 2. The highest BCUT2D eigenvalue weighted by Crippen LogP contribution is 2.26. The topological polar surface area (TPSA) is 175 Å². The second-order valence-corrected chi connectivity index (χ2v) is 21.6. The van der Waals surface area contributed by atoms with Crippen molar-refractivity contribution in [2.75, 3.05) is 13.2 Å². The fourth-order valence-corrected chi connectivity index (χ4v) is 9.15. The van der Waals surface area contributed by atoms with Crippen molar-refractivity contribution in [2.45, 2.75) is 289 Å². The first-order valence-electron chi connectivity index (χ1n) is 32.5. The highest BCUT2D eigenvalue weighted by Gasteiger charge is 2.50. The van der Waals surface area contributed by atoms with E-state index in [4.69, 9.17) is 23.7 Å². The van der Waals surface area contributed by atoms with Gasteiger partial charge in [0.15, 0.2) is 24.6 Å². The molecule has 1 aliphatic heterocycles. The van der Waals surface area contributed by atoms with Gasteiger partial charge in [-0.15, -0.1) is 0 Å². The van der Waals surface area contributed by atoms with Crippen molar-refractivity contribution >= 4 is 23.9 Å². The van der Waals surface area contributed by atoms with E-state index in [1.807, 2.05) is 12.2 Å². The van der Waals surface area contributed by atoms with E-state index < -0.39 is 67.3 Å². The Hall–Kier alpha value is -4.88. The highest BCUT2D eigenvalue weighted by molar-refractivity contribution is 5.74. The summed E-state index contributed by atoms with van der Waals surface area (Å²) in [4.78, 5) is 51.3. The lowest BCUT2D eigenvalue weighted by Gasteiger charge is -2.40. The van der Waals surface area contributed by atoms with Crippen LogP contribution in [-0.4, -0.2) is 89.2 Å². The van der Waals surface area contributed by atoms with Crippen molar-refractivity contribution in [1.82, 2.24) is 0 Å². The Labute approximate surface area is 503 Å². The molecule has 6 atom stereocenters. The highest BCUT2D eigenvalue weighted by atomic mass is 16.7. The summed E-state index contributed by atoms with van der Waals surface area (Å²) in [5.74, 6) is -3.26. The van der Waals surface area contributed by atoms with E-state index in [0.29, 0.717) is 19.3 Å². The maximum atomic E-state index is 13.2. The molecule has 0 radical (unpaired) electrons. The number of carboxylic acid groups (broad SMARTS) is 1. The van der Waals surface area contributed by atoms with E-state index in [1.54, 1.807) is 0 Å². The number of carboxylic acids is 1. The van der Waals surface area contributed by atoms with Gasteiger partial charge in [0.25, 0.3) is 0 Å². The van der Waals surface area contributed by atoms with E-state index in [1.165, 1.54) is 83.5 Å². The summed E-state index contributed by atoms with van der Waals surface area (Å²) in [6, 6.07) is 0. The maximum absolute atomic E-state index is 13.2. The quantitative estimate of drug-likeness (QED) is 0.0228. The van der Waals surface area contributed by atoms with Crippen LogP contribution in [0.15, 0.2) is 122 Å². The molecule has 1 rings (SSSR count). The first-order chi connectivity index (χ1) is 40.6. The van der Waals surface area contributed by atoms with Gasteiger partial charge in [-0.1, -0.05) is 258 Å². The number of allylic oxidation sites excluding steroid dienone is 20. The van der Waals surface area contributed by atoms with Crippen molar-refractivity contribution in [3.8, 4) is 0 Å². The van der Waals surface area contributed by atoms with Crippen molar-refractivity contribution in [1.29, 1.82) is 0 Å². The normalized spacial score (nSPS) is 18.4. The van der Waals surface area contributed by atoms with Gasteiger partial charge in [0.1, 0.15) is 18.8 Å². The van der Waals surface area contributed by atoms with Crippen LogP contribution in [0.25, 0.3) is 0 Å². The average Bonchev–Trinajstić information content (AvgIpc) is 3.59. The Kier molecular flexibility index (Phi) is 52.8. The summed E-state index contributed by atoms with van der Waals surface area (Å²) >= 11 is 0. The molecule has 12 nitrogen and oxygen atoms in total. The summed E-state index contributed by atoms with van der Waals surface area (Å²) in [5.41, 5.74) is 0. The van der Waals surface area contributed by atoms with Gasteiger partial charge in [-0.3, -0.25) is 14.4 Å². The summed E-state index contributed by atoms with van der Waals surface area (Å²) in [6.45, 7) is 5.71. The minimum atomic E-state index is -1.93. The molecule has 6 unspecified atom stereocenters. The summed E-state index contributed by atoms with van der Waals surface area (Å²) in [7, 11) is 0. The molecule has 470 valence electrons. The predicted molar refractivity (Wildman–Crippen MR) is 340 cm³/mol. The monoisotopic (exact) mass is 1160 g/mol. The number of esters is 3. The summed E-state index contributed by atoms with van der Waals surface area (Å²) in [6.07, 6.45) is 67.4. The fraction of sp³-hybridized carbons (Fsp3) is 0.662. The maximum Gasteiger partial charge on any atom is 0.335 e. The number of ether oxygens (including phenoxy) is 5. The molecule has 1 saturated heterocycles. The third-order valence-corrected chi connectivity index (χ3v) is 14.0. The van der Waals surface area contributed by atoms with Crippen LogP contribution >= 0.6 is 0 Å². The van der Waals surface area contributed by atoms with Crippen LogP contribution in [0.1, 0.15) is 252 Å². The van der Waals surface area contributed by atoms with Gasteiger partial charge in [0.2, 0.25) is 0 Å². The molecular weight excluding hydrogens is 1040 g/mol. The van der Waals surface area contributed by atoms with Gasteiger partial charge in [0.05, 0.1) is 6.61 Å². The van der Waals surface area contributed by atoms with E-state index in [2.05, 4.69) is 130 Å². The minimum absolute atomic E-state index is 0.0204. The van der Waals surface area contributed by atoms with Crippen LogP contribution in [0, 0.1) is 0 Å². The van der Waals surface area contributed by atoms with E-state index in [-0.39, 0.29) is 25.9 Å². The first-order valence-corrected chi connectivity index (χ1v) is 32.5. The molecule has 1 aliphatic rings. The number of hydrogen-bond acceptors (Lipinski definition) is 11. The molecule has 3 N–H and O–H groups in total. The van der Waals surface area contributed by atoms with E-state index in [0.717, 1.165) is 109 Å². The molecule has 12 heteroatoms. The molecule has 0 spiro atoms. The van der Waals surface area contributed by atoms with Gasteiger partial charge in [-0.25, -0.2) is 4.79 Å². The van der Waals surface area contributed by atoms with Crippen LogP contribution < -0.4 is 0 Å². The Morgan fingerprint density at radius 1 is 0.410 bits per heavy atom. The lowest BCUT2D eigenvalue weighted by atomic mass is 9.98. The third kappa shape index (κ3) is 47.1. The fourth-order valence-electron chi connectivity index (χ4n) is 9.15. The van der Waals surface area contributed by atoms with Gasteiger partial charge in [-0.2, -0.15) is 0 Å². The average molecular weight is 1160 g/mol. The van der Waals surface area contributed by atoms with Crippen LogP contribution in [0.5, 0.6) is 0 Å². The Bertz CT molecular complexity index is 1900. The van der Waals surface area contributed by atoms with Crippen LogP contribution in [0.3, 0.4) is 0 Å². The molecule has 0 aromatic carbocycles. The Morgan fingerprint density at radius 3 is 1.20 bits per heavy atom. The molecule has 0 aromatic heterocycles. The van der Waals surface area contributed by atoms with Gasteiger partial charge in [-0.05, 0) is 96.3 Å². The second kappa shape index (κ2) is 57.5. The smallest absolute Gasteiger partial charge is 0.335 e. The number of hydrogen-bond donors (Lipinski definition) is 3. The lowest BCUT2D eigenvalue weighted by Crippen LogP contribution is -2.61. The second-order valence-electron chi connectivity index (χ2n) is 21.6. The molecule has 83 heavy (non-hydrogen) atoms. The third-order valence-electron chi connectivity index (χ3n) is 14.0. The molecular formula is C71H114O12. The Balaban J connectivity index is 2.73. The molecule has 0 aliphatic carbocycles. The number of aliphatic carboxylic acids is 1. The number of unbranched alkanes of at least 4 members (excludes halogenated alkanes) is 20. The summed E-state index contributed by atoms with van der Waals surface area (Å²) < 4.78 is 28.4. The lowest BCUT2D eigenvalue weighted by molar-refractivity contribution is -0.301. The van der Waals surface area contributed by atoms with Gasteiger partial charge < -0.3 is 39.0 Å². The standard InChI is InChI=1S/C71H114O12/c1-4-7-10-13-16-19-22-25-28-31-32-35-36-39-42-45-48-51-54-57-63(72)79-60-62(81-64(73)58-55-52-49-46-43-40-37-33-29-26-23-20-17-14-11-8-5-2)61-80-71-69(67(76)66(75)68(83-71)70(77)78)82-65(74)59-56-53-50-47-44-41-38-34-30-27-24-21-18-15-12-9-6-3/h7,9-10,12,16,18-19,21,25,27-28,30,32,35,38-39,41-42,48,51,62,66-69,71,75-76H,4-6,8,11,13-15,17,20,22-24,26,29,31,33-34,36-37,40,43-47,49-50,52-61H2,1-3H3,(H,77,78)/b10-7-,12-9-,19-16-,21-18-,28-25-,30-27-,35-32-,41-38-,42-39-,51-48-. The van der Waals surface area contributed by atoms with Crippen molar-refractivity contribution < 1.29 is 58.2 Å². The van der Waals surface area contributed by atoms with Crippen molar-refractivity contribution in [3.05, 3.63) is 122 Å². The zero-order chi connectivity index (χ0) is 60.3. The molecule has 0 aromatic rings. The number of aliphatic hydroxyl groups excluding tert-OH is 2. The minimum Gasteiger partial charge on any atom is -0.479 e. The van der Waals surface area contributed by atoms with Gasteiger partial charge >= 0.3 is 23.9 Å². The molecule has 0 saturated carbocycles. The van der Waals surface area contributed by atoms with Crippen molar-refractivity contribution in [2.24, 2.45) is 0 Å². The van der Waals surface area contributed by atoms with Gasteiger partial charge in [0, 0.05) is 19.3 Å². The zero-order valence-corrected chi connectivity index (χ0v) is 51.9. The van der Waals surface area contributed by atoms with Crippen LogP contribution in [-0.2, 0) is 42.9 Å². The Morgan fingerprint density at radius 2 is 0.783 bits per heavy atom. The zero-order valence-electron chi connectivity index (χ0n) is 51.9. The molecule has 1 heterocycles. The molecule has 0 bridgehead atoms. The summed E-state index contributed by atoms with van der Waals surface area (Å²) in [5, 5.41) is 31.6. The van der Waals surface area contributed by atoms with E-state index in [9.17, 15) is 34.5 Å². The molecule has 0 amide bonds. The van der Waals surface area contributed by atoms with Crippen LogP contribution in [0.2, 0.25) is 0 Å². The predicted octanol–water partition coefficient (Wildman–Crippen LogP) is 17.6. The van der Waals surface area contributed by atoms with Crippen LogP contribution in [0.4, 0.5) is 0 Å². The SMILES string of the molecule is CC/C=C\C/C=C\C/C=C\C/C=C\C/C=C\C/C=C\CCC(=O)OCC(COC1OC(C(=O)O)C(O)C(O)C1OC(=O)CCCCCC/C=C\C/C=C\C/C=C\C/C=C\CC)OC(=O)CCCCCCCCCCCCCCCCCCC. The van der Waals surface area contributed by atoms with Crippen molar-refractivity contribution in [3.63, 3.8) is 0 Å². The van der Waals surface area contributed by atoms with E-state index >= 15 is 0 Å². The molecule has 1 fully saturated rings. The largest absolute Gasteiger partial charge is 0.479 e. The number of carbonyl (C=O) groups is 4. The first kappa shape index (κ1) is 76.1.